The highest BCUT2D eigenvalue weighted by molar-refractivity contribution is 9.10. The summed E-state index contributed by atoms with van der Waals surface area (Å²) in [6, 6.07) is 11.7. The fourth-order valence-corrected chi connectivity index (χ4v) is 2.62. The first kappa shape index (κ1) is 15.9. The van der Waals surface area contributed by atoms with E-state index in [-0.39, 0.29) is 0 Å². The van der Waals surface area contributed by atoms with Gasteiger partial charge in [-0.1, -0.05) is 47.1 Å². The van der Waals surface area contributed by atoms with E-state index in [0.717, 1.165) is 24.1 Å². The standard InChI is InChI=1S/C16H15BrF3N/c1-2-11-5-3-4-6-12(11)10-21-15-8-13(16(18,19)20)7-14(17)9-15/h3-9,21H,2,10H2,1H3. The molecule has 0 fully saturated rings. The molecule has 0 aliphatic carbocycles. The molecule has 0 aliphatic heterocycles. The molecule has 2 aromatic carbocycles. The molecule has 112 valence electrons. The van der Waals surface area contributed by atoms with E-state index in [1.807, 2.05) is 24.3 Å². The van der Waals surface area contributed by atoms with Gasteiger partial charge in [0.2, 0.25) is 0 Å². The van der Waals surface area contributed by atoms with Crippen molar-refractivity contribution in [2.75, 3.05) is 5.32 Å². The molecular formula is C16H15BrF3N. The molecule has 0 amide bonds. The van der Waals surface area contributed by atoms with Crippen LogP contribution in [0.4, 0.5) is 18.9 Å². The Labute approximate surface area is 130 Å². The molecular weight excluding hydrogens is 343 g/mol. The first-order valence-corrected chi connectivity index (χ1v) is 7.38. The van der Waals surface area contributed by atoms with Crippen molar-refractivity contribution in [1.82, 2.24) is 0 Å². The van der Waals surface area contributed by atoms with E-state index in [4.69, 9.17) is 0 Å². The van der Waals surface area contributed by atoms with E-state index in [0.29, 0.717) is 16.7 Å². The van der Waals surface area contributed by atoms with Crippen molar-refractivity contribution in [1.29, 1.82) is 0 Å². The van der Waals surface area contributed by atoms with Crippen LogP contribution >= 0.6 is 15.9 Å². The summed E-state index contributed by atoms with van der Waals surface area (Å²) in [5.74, 6) is 0. The minimum atomic E-state index is -4.35. The van der Waals surface area contributed by atoms with E-state index >= 15 is 0 Å². The second-order valence-electron chi connectivity index (χ2n) is 4.70. The van der Waals surface area contributed by atoms with Crippen LogP contribution < -0.4 is 5.32 Å². The van der Waals surface area contributed by atoms with Crippen molar-refractivity contribution in [2.45, 2.75) is 26.1 Å². The maximum atomic E-state index is 12.8. The van der Waals surface area contributed by atoms with Gasteiger partial charge in [0.05, 0.1) is 5.56 Å². The second kappa shape index (κ2) is 6.52. The van der Waals surface area contributed by atoms with Crippen molar-refractivity contribution in [2.24, 2.45) is 0 Å². The van der Waals surface area contributed by atoms with Gasteiger partial charge in [-0.15, -0.1) is 0 Å². The summed E-state index contributed by atoms with van der Waals surface area (Å²) >= 11 is 3.12. The highest BCUT2D eigenvalue weighted by atomic mass is 79.9. The molecule has 0 unspecified atom stereocenters. The number of benzene rings is 2. The first-order chi connectivity index (χ1) is 9.90. The van der Waals surface area contributed by atoms with Gasteiger partial charge < -0.3 is 5.32 Å². The molecule has 0 atom stereocenters. The Morgan fingerprint density at radius 2 is 1.71 bits per heavy atom. The van der Waals surface area contributed by atoms with E-state index in [1.165, 1.54) is 5.56 Å². The fourth-order valence-electron chi connectivity index (χ4n) is 2.13. The van der Waals surface area contributed by atoms with Crippen LogP contribution in [-0.2, 0) is 19.1 Å². The van der Waals surface area contributed by atoms with E-state index in [1.54, 1.807) is 6.07 Å². The zero-order chi connectivity index (χ0) is 15.5. The maximum Gasteiger partial charge on any atom is 0.416 e. The highest BCUT2D eigenvalue weighted by Crippen LogP contribution is 2.33. The Morgan fingerprint density at radius 1 is 1.05 bits per heavy atom. The number of aryl methyl sites for hydroxylation is 1. The highest BCUT2D eigenvalue weighted by Gasteiger charge is 2.31. The van der Waals surface area contributed by atoms with Gasteiger partial charge in [0.1, 0.15) is 0 Å². The van der Waals surface area contributed by atoms with Crippen molar-refractivity contribution in [3.05, 3.63) is 63.6 Å². The number of hydrogen-bond acceptors (Lipinski definition) is 1. The summed E-state index contributed by atoms with van der Waals surface area (Å²) in [6.07, 6.45) is -3.45. The smallest absolute Gasteiger partial charge is 0.381 e. The molecule has 1 nitrogen and oxygen atoms in total. The van der Waals surface area contributed by atoms with Crippen LogP contribution in [0, 0.1) is 0 Å². The molecule has 0 heterocycles. The SMILES string of the molecule is CCc1ccccc1CNc1cc(Br)cc(C(F)(F)F)c1. The number of nitrogens with one attached hydrogen (secondary N) is 1. The zero-order valence-electron chi connectivity index (χ0n) is 11.5. The van der Waals surface area contributed by atoms with Gasteiger partial charge in [-0.25, -0.2) is 0 Å². The van der Waals surface area contributed by atoms with Crippen LogP contribution in [0.25, 0.3) is 0 Å². The van der Waals surface area contributed by atoms with Crippen LogP contribution in [0.3, 0.4) is 0 Å². The van der Waals surface area contributed by atoms with Gasteiger partial charge in [0.15, 0.2) is 0 Å². The predicted octanol–water partition coefficient (Wildman–Crippen LogP) is 5.64. The number of hydrogen-bond donors (Lipinski definition) is 1. The van der Waals surface area contributed by atoms with Crippen LogP contribution in [0.15, 0.2) is 46.9 Å². The molecule has 0 aromatic heterocycles. The van der Waals surface area contributed by atoms with E-state index in [9.17, 15) is 13.2 Å². The first-order valence-electron chi connectivity index (χ1n) is 6.58. The van der Waals surface area contributed by atoms with Crippen LogP contribution in [0.5, 0.6) is 0 Å². The molecule has 0 saturated carbocycles. The van der Waals surface area contributed by atoms with E-state index < -0.39 is 11.7 Å². The minimum Gasteiger partial charge on any atom is -0.381 e. The Morgan fingerprint density at radius 3 is 2.33 bits per heavy atom. The monoisotopic (exact) mass is 357 g/mol. The molecule has 2 aromatic rings. The third-order valence-corrected chi connectivity index (χ3v) is 3.67. The lowest BCUT2D eigenvalue weighted by molar-refractivity contribution is -0.137. The summed E-state index contributed by atoms with van der Waals surface area (Å²) < 4.78 is 38.7. The van der Waals surface area contributed by atoms with Gasteiger partial charge in [-0.3, -0.25) is 0 Å². The van der Waals surface area contributed by atoms with Crippen LogP contribution in [0.2, 0.25) is 0 Å². The molecule has 0 radical (unpaired) electrons. The van der Waals surface area contributed by atoms with Gasteiger partial charge >= 0.3 is 6.18 Å². The largest absolute Gasteiger partial charge is 0.416 e. The lowest BCUT2D eigenvalue weighted by atomic mass is 10.1. The third-order valence-electron chi connectivity index (χ3n) is 3.21. The Bertz CT molecular complexity index is 623. The van der Waals surface area contributed by atoms with E-state index in [2.05, 4.69) is 28.2 Å². The second-order valence-corrected chi connectivity index (χ2v) is 5.62. The molecule has 0 saturated heterocycles. The number of halogens is 4. The lowest BCUT2D eigenvalue weighted by Gasteiger charge is -2.13. The molecule has 5 heteroatoms. The quantitative estimate of drug-likeness (QED) is 0.746. The van der Waals surface area contributed by atoms with Crippen molar-refractivity contribution in [3.8, 4) is 0 Å². The number of alkyl halides is 3. The molecule has 0 spiro atoms. The molecule has 1 N–H and O–H groups in total. The minimum absolute atomic E-state index is 0.406. The Kier molecular flexibility index (Phi) is 4.93. The Hall–Kier alpha value is -1.49. The summed E-state index contributed by atoms with van der Waals surface area (Å²) in [4.78, 5) is 0. The maximum absolute atomic E-state index is 12.8. The third kappa shape index (κ3) is 4.24. The molecule has 2 rings (SSSR count). The summed E-state index contributed by atoms with van der Waals surface area (Å²) in [5.41, 5.74) is 2.07. The Balaban J connectivity index is 2.19. The fraction of sp³-hybridized carbons (Fsp3) is 0.250. The van der Waals surface area contributed by atoms with Crippen molar-refractivity contribution in [3.63, 3.8) is 0 Å². The average Bonchev–Trinajstić information content (AvgIpc) is 2.44. The molecule has 0 bridgehead atoms. The van der Waals surface area contributed by atoms with Crippen molar-refractivity contribution >= 4 is 21.6 Å². The topological polar surface area (TPSA) is 12.0 Å². The summed E-state index contributed by atoms with van der Waals surface area (Å²) in [7, 11) is 0. The average molecular weight is 358 g/mol. The van der Waals surface area contributed by atoms with Crippen LogP contribution in [-0.4, -0.2) is 0 Å². The molecule has 21 heavy (non-hydrogen) atoms. The lowest BCUT2D eigenvalue weighted by Crippen LogP contribution is -2.07. The normalized spacial score (nSPS) is 11.5. The van der Waals surface area contributed by atoms with Gasteiger partial charge in [-0.2, -0.15) is 13.2 Å². The van der Waals surface area contributed by atoms with Gasteiger partial charge in [-0.05, 0) is 35.7 Å². The zero-order valence-corrected chi connectivity index (χ0v) is 13.1. The van der Waals surface area contributed by atoms with Crippen LogP contribution in [0.1, 0.15) is 23.6 Å². The van der Waals surface area contributed by atoms with Gasteiger partial charge in [0.25, 0.3) is 0 Å². The van der Waals surface area contributed by atoms with Crippen molar-refractivity contribution < 1.29 is 13.2 Å². The number of anilines is 1. The summed E-state index contributed by atoms with van der Waals surface area (Å²) in [6.45, 7) is 2.55. The summed E-state index contributed by atoms with van der Waals surface area (Å²) in [5, 5.41) is 3.06. The predicted molar refractivity (Wildman–Crippen MR) is 82.3 cm³/mol. The molecule has 0 aliphatic rings. The van der Waals surface area contributed by atoms with Gasteiger partial charge in [0, 0.05) is 16.7 Å². The number of rotatable bonds is 4.